The van der Waals surface area contributed by atoms with Crippen LogP contribution < -0.4 is 10.0 Å². The lowest BCUT2D eigenvalue weighted by molar-refractivity contribution is 0.558. The van der Waals surface area contributed by atoms with E-state index in [0.717, 1.165) is 31.6 Å². The standard InChI is InChI=1S/C15H26N2O2S2/c1-4-14(12-20-3)17-21(18,19)15-9-7-13(8-10-15)6-5-11-16-2/h7-10,14,16-17H,4-6,11-12H2,1-3H3. The van der Waals surface area contributed by atoms with Gasteiger partial charge in [-0.3, -0.25) is 0 Å². The summed E-state index contributed by atoms with van der Waals surface area (Å²) in [5, 5.41) is 3.11. The molecule has 21 heavy (non-hydrogen) atoms. The summed E-state index contributed by atoms with van der Waals surface area (Å²) in [4.78, 5) is 0.347. The fourth-order valence-corrected chi connectivity index (χ4v) is 4.17. The highest BCUT2D eigenvalue weighted by molar-refractivity contribution is 7.98. The Hall–Kier alpha value is -0.560. The highest BCUT2D eigenvalue weighted by atomic mass is 32.2. The van der Waals surface area contributed by atoms with Gasteiger partial charge in [-0.05, 0) is 56.8 Å². The third kappa shape index (κ3) is 6.38. The zero-order chi connectivity index (χ0) is 15.7. The molecule has 120 valence electrons. The Labute approximate surface area is 133 Å². The molecule has 0 aliphatic carbocycles. The van der Waals surface area contributed by atoms with Gasteiger partial charge in [0.25, 0.3) is 0 Å². The van der Waals surface area contributed by atoms with E-state index < -0.39 is 10.0 Å². The van der Waals surface area contributed by atoms with E-state index in [9.17, 15) is 8.42 Å². The minimum Gasteiger partial charge on any atom is -0.320 e. The smallest absolute Gasteiger partial charge is 0.240 e. The summed E-state index contributed by atoms with van der Waals surface area (Å²) in [7, 11) is -1.48. The Morgan fingerprint density at radius 3 is 2.43 bits per heavy atom. The number of hydrogen-bond donors (Lipinski definition) is 2. The third-order valence-corrected chi connectivity index (χ3v) is 5.58. The quantitative estimate of drug-likeness (QED) is 0.646. The van der Waals surface area contributed by atoms with Crippen LogP contribution >= 0.6 is 11.8 Å². The molecule has 1 unspecified atom stereocenters. The largest absolute Gasteiger partial charge is 0.320 e. The molecular weight excluding hydrogens is 304 g/mol. The SMILES string of the molecule is CCC(CSC)NS(=O)(=O)c1ccc(CCCNC)cc1. The molecule has 6 heteroatoms. The van der Waals surface area contributed by atoms with Crippen LogP contribution in [0.3, 0.4) is 0 Å². The number of hydrogen-bond acceptors (Lipinski definition) is 4. The van der Waals surface area contributed by atoms with E-state index in [1.54, 1.807) is 23.9 Å². The minimum atomic E-state index is -3.41. The summed E-state index contributed by atoms with van der Waals surface area (Å²) < 4.78 is 27.4. The molecule has 0 fully saturated rings. The molecule has 1 rings (SSSR count). The van der Waals surface area contributed by atoms with Crippen LogP contribution in [0.1, 0.15) is 25.3 Å². The van der Waals surface area contributed by atoms with Crippen molar-refractivity contribution < 1.29 is 8.42 Å². The summed E-state index contributed by atoms with van der Waals surface area (Å²) in [5.74, 6) is 0.790. The van der Waals surface area contributed by atoms with E-state index in [2.05, 4.69) is 10.0 Å². The van der Waals surface area contributed by atoms with Gasteiger partial charge in [-0.2, -0.15) is 11.8 Å². The number of nitrogens with one attached hydrogen (secondary N) is 2. The van der Waals surface area contributed by atoms with E-state index in [0.29, 0.717) is 4.90 Å². The van der Waals surface area contributed by atoms with Gasteiger partial charge in [0, 0.05) is 11.8 Å². The molecule has 0 aromatic heterocycles. The molecule has 1 aromatic carbocycles. The van der Waals surface area contributed by atoms with Crippen molar-refractivity contribution in [3.8, 4) is 0 Å². The van der Waals surface area contributed by atoms with Gasteiger partial charge in [0.15, 0.2) is 0 Å². The van der Waals surface area contributed by atoms with Crippen LogP contribution in [0.4, 0.5) is 0 Å². The van der Waals surface area contributed by atoms with Crippen LogP contribution in [-0.4, -0.2) is 40.1 Å². The first-order valence-electron chi connectivity index (χ1n) is 7.28. The molecule has 4 nitrogen and oxygen atoms in total. The van der Waals surface area contributed by atoms with Crippen molar-refractivity contribution in [2.24, 2.45) is 0 Å². The van der Waals surface area contributed by atoms with E-state index in [1.165, 1.54) is 5.56 Å². The fraction of sp³-hybridized carbons (Fsp3) is 0.600. The first kappa shape index (κ1) is 18.5. The summed E-state index contributed by atoms with van der Waals surface area (Å²) in [6.07, 6.45) is 4.78. The summed E-state index contributed by atoms with van der Waals surface area (Å²) >= 11 is 1.65. The van der Waals surface area contributed by atoms with Crippen LogP contribution in [0.5, 0.6) is 0 Å². The minimum absolute atomic E-state index is 0.0136. The van der Waals surface area contributed by atoms with E-state index >= 15 is 0 Å². The van der Waals surface area contributed by atoms with Crippen molar-refractivity contribution in [3.05, 3.63) is 29.8 Å². The van der Waals surface area contributed by atoms with Gasteiger partial charge in [0.1, 0.15) is 0 Å². The maximum absolute atomic E-state index is 12.3. The van der Waals surface area contributed by atoms with Gasteiger partial charge < -0.3 is 5.32 Å². The van der Waals surface area contributed by atoms with Gasteiger partial charge >= 0.3 is 0 Å². The van der Waals surface area contributed by atoms with Crippen LogP contribution in [0.25, 0.3) is 0 Å². The van der Waals surface area contributed by atoms with Crippen LogP contribution in [0, 0.1) is 0 Å². The van der Waals surface area contributed by atoms with Gasteiger partial charge in [-0.25, -0.2) is 13.1 Å². The molecule has 1 atom stereocenters. The molecule has 0 saturated heterocycles. The van der Waals surface area contributed by atoms with Gasteiger partial charge in [0.05, 0.1) is 4.90 Å². The van der Waals surface area contributed by atoms with Crippen molar-refractivity contribution in [2.45, 2.75) is 37.1 Å². The molecule has 0 spiro atoms. The summed E-state index contributed by atoms with van der Waals surface area (Å²) in [5.41, 5.74) is 1.17. The number of aryl methyl sites for hydroxylation is 1. The Morgan fingerprint density at radius 2 is 1.90 bits per heavy atom. The molecule has 0 radical (unpaired) electrons. The molecule has 0 aliphatic heterocycles. The number of thioether (sulfide) groups is 1. The van der Waals surface area contributed by atoms with Crippen molar-refractivity contribution in [1.82, 2.24) is 10.0 Å². The van der Waals surface area contributed by atoms with Crippen molar-refractivity contribution in [3.63, 3.8) is 0 Å². The van der Waals surface area contributed by atoms with Crippen LogP contribution in [0.2, 0.25) is 0 Å². The number of sulfonamides is 1. The first-order valence-corrected chi connectivity index (χ1v) is 10.2. The Bertz CT molecular complexity index is 501. The Morgan fingerprint density at radius 1 is 1.24 bits per heavy atom. The topological polar surface area (TPSA) is 58.2 Å². The number of benzene rings is 1. The van der Waals surface area contributed by atoms with Crippen molar-refractivity contribution in [1.29, 1.82) is 0 Å². The van der Waals surface area contributed by atoms with Gasteiger partial charge in [0.2, 0.25) is 10.0 Å². The predicted octanol–water partition coefficient (Wildman–Crippen LogP) is 2.26. The lowest BCUT2D eigenvalue weighted by atomic mass is 10.1. The highest BCUT2D eigenvalue weighted by Crippen LogP contribution is 2.13. The zero-order valence-corrected chi connectivity index (χ0v) is 14.7. The summed E-state index contributed by atoms with van der Waals surface area (Å²) in [6.45, 7) is 2.96. The maximum Gasteiger partial charge on any atom is 0.240 e. The molecule has 0 saturated carbocycles. The average molecular weight is 331 g/mol. The normalized spacial score (nSPS) is 13.3. The van der Waals surface area contributed by atoms with Crippen molar-refractivity contribution in [2.75, 3.05) is 25.6 Å². The van der Waals surface area contributed by atoms with E-state index in [4.69, 9.17) is 0 Å². The third-order valence-electron chi connectivity index (χ3n) is 3.31. The second-order valence-electron chi connectivity index (χ2n) is 5.03. The molecule has 2 N–H and O–H groups in total. The second kappa shape index (κ2) is 9.46. The molecule has 0 heterocycles. The predicted molar refractivity (Wildman–Crippen MR) is 91.5 cm³/mol. The molecule has 0 amide bonds. The molecule has 0 bridgehead atoms. The van der Waals surface area contributed by atoms with Crippen molar-refractivity contribution >= 4 is 21.8 Å². The highest BCUT2D eigenvalue weighted by Gasteiger charge is 2.18. The average Bonchev–Trinajstić information content (AvgIpc) is 2.47. The van der Waals surface area contributed by atoms with Gasteiger partial charge in [-0.1, -0.05) is 19.1 Å². The fourth-order valence-electron chi connectivity index (χ4n) is 2.03. The summed E-state index contributed by atoms with van der Waals surface area (Å²) in [6, 6.07) is 7.19. The lowest BCUT2D eigenvalue weighted by Gasteiger charge is -2.16. The Kier molecular flexibility index (Phi) is 8.33. The maximum atomic E-state index is 12.3. The van der Waals surface area contributed by atoms with E-state index in [-0.39, 0.29) is 6.04 Å². The molecular formula is C15H26N2O2S2. The molecule has 0 aliphatic rings. The lowest BCUT2D eigenvalue weighted by Crippen LogP contribution is -2.36. The van der Waals surface area contributed by atoms with Gasteiger partial charge in [-0.15, -0.1) is 0 Å². The molecule has 1 aromatic rings. The second-order valence-corrected chi connectivity index (χ2v) is 7.66. The number of rotatable bonds is 10. The zero-order valence-electron chi connectivity index (χ0n) is 13.1. The Balaban J connectivity index is 2.70. The van der Waals surface area contributed by atoms with Crippen LogP contribution in [-0.2, 0) is 16.4 Å². The van der Waals surface area contributed by atoms with Crippen LogP contribution in [0.15, 0.2) is 29.2 Å². The first-order chi connectivity index (χ1) is 10.0. The van der Waals surface area contributed by atoms with E-state index in [1.807, 2.05) is 32.4 Å². The monoisotopic (exact) mass is 330 g/mol.